The topological polar surface area (TPSA) is 94.1 Å². The predicted octanol–water partition coefficient (Wildman–Crippen LogP) is 3.78. The molecule has 2 heterocycles. The maximum atomic E-state index is 12.6. The number of pyridine rings is 1. The largest absolute Gasteiger partial charge is 0.490 e. The number of sulfonamides is 1. The third kappa shape index (κ3) is 6.30. The van der Waals surface area contributed by atoms with Gasteiger partial charge in [0.15, 0.2) is 10.9 Å². The molecule has 0 aliphatic heterocycles. The van der Waals surface area contributed by atoms with Crippen LogP contribution in [0.25, 0.3) is 10.9 Å². The summed E-state index contributed by atoms with van der Waals surface area (Å²) < 4.78 is 33.4. The van der Waals surface area contributed by atoms with Crippen LogP contribution >= 0.6 is 21.6 Å². The molecule has 0 saturated carbocycles. The number of para-hydroxylation sites is 1. The quantitative estimate of drug-likeness (QED) is 0.283. The zero-order valence-electron chi connectivity index (χ0n) is 16.1. The molecule has 0 saturated heterocycles. The number of nitrogens with one attached hydrogen (secondary N) is 1. The van der Waals surface area contributed by atoms with E-state index in [1.54, 1.807) is 36.8 Å². The molecule has 3 aromatic rings. The SMILES string of the molecule is CC(C)COc1cnc(SSCCNS(=O)(=O)c2cccc3cccnc23)nc1. The fraction of sp³-hybridized carbons (Fsp3) is 0.316. The second-order valence-electron chi connectivity index (χ2n) is 6.54. The summed E-state index contributed by atoms with van der Waals surface area (Å²) in [7, 11) is -0.761. The number of aromatic nitrogens is 3. The number of fused-ring (bicyclic) bond motifs is 1. The Bertz CT molecular complexity index is 1040. The molecule has 1 aromatic carbocycles. The van der Waals surface area contributed by atoms with E-state index in [1.807, 2.05) is 12.1 Å². The van der Waals surface area contributed by atoms with Crippen molar-refractivity contribution in [3.63, 3.8) is 0 Å². The molecule has 0 radical (unpaired) electrons. The lowest BCUT2D eigenvalue weighted by Crippen LogP contribution is -2.26. The maximum absolute atomic E-state index is 12.6. The monoisotopic (exact) mass is 450 g/mol. The minimum absolute atomic E-state index is 0.188. The van der Waals surface area contributed by atoms with E-state index in [2.05, 4.69) is 33.5 Å². The summed E-state index contributed by atoms with van der Waals surface area (Å²) in [5, 5.41) is 1.39. The average molecular weight is 451 g/mol. The first kappa shape index (κ1) is 21.8. The van der Waals surface area contributed by atoms with Gasteiger partial charge in [0, 0.05) is 23.9 Å². The van der Waals surface area contributed by atoms with Crippen molar-refractivity contribution >= 4 is 42.5 Å². The molecule has 0 fully saturated rings. The van der Waals surface area contributed by atoms with Crippen LogP contribution in [0.3, 0.4) is 0 Å². The Labute approximate surface area is 178 Å². The third-order valence-electron chi connectivity index (χ3n) is 3.68. The summed E-state index contributed by atoms with van der Waals surface area (Å²) in [6.45, 7) is 5.06. The Morgan fingerprint density at radius 3 is 2.62 bits per heavy atom. The molecular formula is C19H22N4O3S3. The van der Waals surface area contributed by atoms with Gasteiger partial charge in [-0.05, 0) is 28.8 Å². The van der Waals surface area contributed by atoms with E-state index in [0.717, 1.165) is 5.39 Å². The summed E-state index contributed by atoms with van der Waals surface area (Å²) in [6.07, 6.45) is 4.88. The van der Waals surface area contributed by atoms with Gasteiger partial charge in [0.2, 0.25) is 10.0 Å². The fourth-order valence-corrected chi connectivity index (χ4v) is 5.35. The highest BCUT2D eigenvalue weighted by Crippen LogP contribution is 2.28. The summed E-state index contributed by atoms with van der Waals surface area (Å²) >= 11 is 0. The molecule has 0 spiro atoms. The molecule has 0 unspecified atom stereocenters. The van der Waals surface area contributed by atoms with Crippen molar-refractivity contribution in [2.75, 3.05) is 18.9 Å². The molecule has 0 atom stereocenters. The first-order valence-corrected chi connectivity index (χ1v) is 12.8. The molecule has 2 aromatic heterocycles. The fourth-order valence-electron chi connectivity index (χ4n) is 2.37. The highest BCUT2D eigenvalue weighted by atomic mass is 33.1. The Morgan fingerprint density at radius 2 is 1.86 bits per heavy atom. The number of hydrogen-bond donors (Lipinski definition) is 1. The van der Waals surface area contributed by atoms with Gasteiger partial charge >= 0.3 is 0 Å². The Morgan fingerprint density at radius 1 is 1.10 bits per heavy atom. The molecule has 0 aliphatic carbocycles. The number of benzene rings is 1. The van der Waals surface area contributed by atoms with E-state index in [4.69, 9.17) is 4.74 Å². The summed E-state index contributed by atoms with van der Waals surface area (Å²) in [6, 6.07) is 8.75. The van der Waals surface area contributed by atoms with Crippen LogP contribution in [0.1, 0.15) is 13.8 Å². The highest BCUT2D eigenvalue weighted by Gasteiger charge is 2.17. The third-order valence-corrected chi connectivity index (χ3v) is 7.33. The standard InChI is InChI=1S/C19H22N4O3S3/c1-14(2)13-26-16-11-21-19(22-12-16)28-27-10-9-23-29(24,25)17-7-3-5-15-6-4-8-20-18(15)17/h3-8,11-12,14,23H,9-10,13H2,1-2H3. The summed E-state index contributed by atoms with van der Waals surface area (Å²) in [4.78, 5) is 12.9. The molecule has 3 rings (SSSR count). The van der Waals surface area contributed by atoms with Gasteiger partial charge in [-0.2, -0.15) is 0 Å². The van der Waals surface area contributed by atoms with Gasteiger partial charge in [-0.3, -0.25) is 4.98 Å². The molecular weight excluding hydrogens is 428 g/mol. The van der Waals surface area contributed by atoms with E-state index >= 15 is 0 Å². The highest BCUT2D eigenvalue weighted by molar-refractivity contribution is 8.76. The lowest BCUT2D eigenvalue weighted by Gasteiger charge is -2.09. The van der Waals surface area contributed by atoms with Crippen LogP contribution in [-0.2, 0) is 10.0 Å². The number of rotatable bonds is 10. The van der Waals surface area contributed by atoms with E-state index < -0.39 is 10.0 Å². The Balaban J connectivity index is 1.47. The van der Waals surface area contributed by atoms with E-state index in [9.17, 15) is 8.42 Å². The van der Waals surface area contributed by atoms with Crippen LogP contribution in [0.4, 0.5) is 0 Å². The van der Waals surface area contributed by atoms with Crippen molar-refractivity contribution < 1.29 is 13.2 Å². The van der Waals surface area contributed by atoms with Gasteiger partial charge in [0.05, 0.1) is 24.5 Å². The smallest absolute Gasteiger partial charge is 0.242 e. The van der Waals surface area contributed by atoms with Gasteiger partial charge in [0.25, 0.3) is 0 Å². The van der Waals surface area contributed by atoms with Gasteiger partial charge in [-0.25, -0.2) is 23.1 Å². The zero-order valence-corrected chi connectivity index (χ0v) is 18.6. The maximum Gasteiger partial charge on any atom is 0.242 e. The van der Waals surface area contributed by atoms with E-state index in [0.29, 0.717) is 41.2 Å². The summed E-state index contributed by atoms with van der Waals surface area (Å²) in [5.41, 5.74) is 0.470. The van der Waals surface area contributed by atoms with Crippen molar-refractivity contribution in [3.05, 3.63) is 48.9 Å². The van der Waals surface area contributed by atoms with Crippen LogP contribution in [0.5, 0.6) is 5.75 Å². The Kier molecular flexibility index (Phi) is 7.70. The zero-order chi connectivity index (χ0) is 20.7. The number of nitrogens with zero attached hydrogens (tertiary/aromatic N) is 3. The molecule has 0 bridgehead atoms. The Hall–Kier alpha value is -1.88. The first-order chi connectivity index (χ1) is 14.0. The van der Waals surface area contributed by atoms with Gasteiger partial charge < -0.3 is 4.74 Å². The lowest BCUT2D eigenvalue weighted by atomic mass is 10.2. The van der Waals surface area contributed by atoms with Crippen LogP contribution in [0.15, 0.2) is 59.0 Å². The predicted molar refractivity (Wildman–Crippen MR) is 118 cm³/mol. The molecule has 7 nitrogen and oxygen atoms in total. The van der Waals surface area contributed by atoms with Gasteiger partial charge in [0.1, 0.15) is 4.90 Å². The molecule has 1 N–H and O–H groups in total. The van der Waals surface area contributed by atoms with E-state index in [1.165, 1.54) is 21.6 Å². The molecule has 10 heteroatoms. The van der Waals surface area contributed by atoms with Crippen molar-refractivity contribution in [2.24, 2.45) is 5.92 Å². The van der Waals surface area contributed by atoms with Crippen LogP contribution in [0.2, 0.25) is 0 Å². The first-order valence-electron chi connectivity index (χ1n) is 9.03. The van der Waals surface area contributed by atoms with Gasteiger partial charge in [-0.1, -0.05) is 42.8 Å². The van der Waals surface area contributed by atoms with Crippen molar-refractivity contribution in [1.82, 2.24) is 19.7 Å². The second kappa shape index (κ2) is 10.2. The minimum atomic E-state index is -3.63. The normalized spacial score (nSPS) is 11.8. The molecule has 0 amide bonds. The van der Waals surface area contributed by atoms with Crippen molar-refractivity contribution in [1.29, 1.82) is 0 Å². The van der Waals surface area contributed by atoms with Gasteiger partial charge in [-0.15, -0.1) is 0 Å². The lowest BCUT2D eigenvalue weighted by molar-refractivity contribution is 0.268. The molecule has 29 heavy (non-hydrogen) atoms. The van der Waals surface area contributed by atoms with E-state index in [-0.39, 0.29) is 4.90 Å². The van der Waals surface area contributed by atoms with Crippen LogP contribution in [-0.4, -0.2) is 42.3 Å². The van der Waals surface area contributed by atoms with Crippen LogP contribution in [0, 0.1) is 5.92 Å². The van der Waals surface area contributed by atoms with Crippen molar-refractivity contribution in [2.45, 2.75) is 23.9 Å². The minimum Gasteiger partial charge on any atom is -0.490 e. The molecule has 0 aliphatic rings. The second-order valence-corrected chi connectivity index (χ2v) is 10.7. The van der Waals surface area contributed by atoms with Crippen molar-refractivity contribution in [3.8, 4) is 5.75 Å². The molecule has 154 valence electrons. The number of ether oxygens (including phenoxy) is 1. The average Bonchev–Trinajstić information content (AvgIpc) is 2.72. The summed E-state index contributed by atoms with van der Waals surface area (Å²) in [5.74, 6) is 1.65. The number of hydrogen-bond acceptors (Lipinski definition) is 8. The van der Waals surface area contributed by atoms with Crippen LogP contribution < -0.4 is 9.46 Å².